The van der Waals surface area contributed by atoms with Gasteiger partial charge in [-0.15, -0.1) is 5.10 Å². The normalized spacial score (nSPS) is 10.5. The van der Waals surface area contributed by atoms with Crippen molar-refractivity contribution in [3.63, 3.8) is 0 Å². The molecule has 0 fully saturated rings. The van der Waals surface area contributed by atoms with Crippen molar-refractivity contribution >= 4 is 29.2 Å². The van der Waals surface area contributed by atoms with Crippen molar-refractivity contribution in [3.8, 4) is 16.9 Å². The van der Waals surface area contributed by atoms with Crippen LogP contribution in [0.25, 0.3) is 16.9 Å². The number of nitrogens with zero attached hydrogens (tertiary/aromatic N) is 3. The monoisotopic (exact) mass is 432 g/mol. The molecule has 0 aliphatic carbocycles. The smallest absolute Gasteiger partial charge is 0.337 e. The molecule has 0 spiro atoms. The first-order valence-electron chi connectivity index (χ1n) is 9.32. The Hall–Kier alpha value is -3.97. The van der Waals surface area contributed by atoms with Gasteiger partial charge in [-0.2, -0.15) is 0 Å². The lowest BCUT2D eigenvalue weighted by atomic mass is 10.1. The zero-order valence-corrected chi connectivity index (χ0v) is 17.2. The molecule has 1 amide bonds. The molecule has 4 rings (SSSR count). The SMILES string of the molecule is COC(=O)c1ccc(NC(=O)c2ccc(-n3nncc3-c3ccc(Cl)cc3)cc2)cc1. The highest BCUT2D eigenvalue weighted by molar-refractivity contribution is 6.30. The number of carbonyl (C=O) groups excluding carboxylic acids is 2. The molecule has 31 heavy (non-hydrogen) atoms. The van der Waals surface area contributed by atoms with Gasteiger partial charge in [0.05, 0.1) is 30.3 Å². The number of aromatic nitrogens is 3. The third-order valence-electron chi connectivity index (χ3n) is 4.63. The molecule has 0 radical (unpaired) electrons. The molecule has 0 unspecified atom stereocenters. The van der Waals surface area contributed by atoms with E-state index in [-0.39, 0.29) is 5.91 Å². The van der Waals surface area contributed by atoms with Gasteiger partial charge in [0.15, 0.2) is 0 Å². The number of rotatable bonds is 5. The van der Waals surface area contributed by atoms with Crippen LogP contribution < -0.4 is 5.32 Å². The van der Waals surface area contributed by atoms with Crippen LogP contribution in [0.3, 0.4) is 0 Å². The Bertz CT molecular complexity index is 1220. The molecule has 1 N–H and O–H groups in total. The number of amides is 1. The maximum atomic E-state index is 12.6. The number of methoxy groups -OCH3 is 1. The van der Waals surface area contributed by atoms with E-state index in [4.69, 9.17) is 11.6 Å². The van der Waals surface area contributed by atoms with Gasteiger partial charge in [-0.25, -0.2) is 9.48 Å². The Labute approximate surface area is 183 Å². The van der Waals surface area contributed by atoms with E-state index in [0.29, 0.717) is 21.8 Å². The number of halogens is 1. The molecular formula is C23H17ClN4O3. The number of esters is 1. The minimum absolute atomic E-state index is 0.270. The van der Waals surface area contributed by atoms with Crippen LogP contribution in [0.5, 0.6) is 0 Å². The number of nitrogens with one attached hydrogen (secondary N) is 1. The average Bonchev–Trinajstić information content (AvgIpc) is 3.29. The maximum Gasteiger partial charge on any atom is 0.337 e. The molecule has 1 aromatic heterocycles. The van der Waals surface area contributed by atoms with Crippen molar-refractivity contribution in [2.75, 3.05) is 12.4 Å². The zero-order valence-electron chi connectivity index (χ0n) is 16.4. The highest BCUT2D eigenvalue weighted by Gasteiger charge is 2.11. The Morgan fingerprint density at radius 2 is 1.55 bits per heavy atom. The molecule has 0 atom stereocenters. The molecule has 0 bridgehead atoms. The van der Waals surface area contributed by atoms with Crippen molar-refractivity contribution in [1.82, 2.24) is 15.0 Å². The van der Waals surface area contributed by atoms with E-state index in [1.54, 1.807) is 71.5 Å². The first kappa shape index (κ1) is 20.3. The fourth-order valence-electron chi connectivity index (χ4n) is 3.01. The second-order valence-corrected chi connectivity index (χ2v) is 7.04. The summed E-state index contributed by atoms with van der Waals surface area (Å²) in [6, 6.07) is 20.9. The van der Waals surface area contributed by atoms with Crippen molar-refractivity contribution < 1.29 is 14.3 Å². The summed E-state index contributed by atoms with van der Waals surface area (Å²) in [6.07, 6.45) is 1.67. The summed E-state index contributed by atoms with van der Waals surface area (Å²) in [7, 11) is 1.32. The van der Waals surface area contributed by atoms with Crippen molar-refractivity contribution in [1.29, 1.82) is 0 Å². The third kappa shape index (κ3) is 4.46. The van der Waals surface area contributed by atoms with Gasteiger partial charge >= 0.3 is 5.97 Å². The molecule has 8 heteroatoms. The third-order valence-corrected chi connectivity index (χ3v) is 4.88. The molecule has 0 aliphatic heterocycles. The van der Waals surface area contributed by atoms with Gasteiger partial charge in [0, 0.05) is 21.8 Å². The lowest BCUT2D eigenvalue weighted by Crippen LogP contribution is -2.12. The van der Waals surface area contributed by atoms with E-state index < -0.39 is 5.97 Å². The van der Waals surface area contributed by atoms with Crippen LogP contribution in [-0.4, -0.2) is 34.0 Å². The lowest BCUT2D eigenvalue weighted by molar-refractivity contribution is 0.0600. The molecule has 7 nitrogen and oxygen atoms in total. The molecule has 3 aromatic carbocycles. The van der Waals surface area contributed by atoms with Gasteiger partial charge in [0.25, 0.3) is 5.91 Å². The molecule has 0 aliphatic rings. The van der Waals surface area contributed by atoms with Gasteiger partial charge < -0.3 is 10.1 Å². The minimum Gasteiger partial charge on any atom is -0.465 e. The first-order chi connectivity index (χ1) is 15.0. The van der Waals surface area contributed by atoms with Crippen LogP contribution in [-0.2, 0) is 4.74 Å². The predicted octanol–water partition coefficient (Wildman–Crippen LogP) is 4.63. The summed E-state index contributed by atoms with van der Waals surface area (Å²) in [5.41, 5.74) is 3.96. The van der Waals surface area contributed by atoms with E-state index in [9.17, 15) is 9.59 Å². The largest absolute Gasteiger partial charge is 0.465 e. The predicted molar refractivity (Wildman–Crippen MR) is 118 cm³/mol. The highest BCUT2D eigenvalue weighted by Crippen LogP contribution is 2.23. The van der Waals surface area contributed by atoms with E-state index in [1.807, 2.05) is 12.1 Å². The molecule has 0 saturated carbocycles. The Morgan fingerprint density at radius 1 is 0.903 bits per heavy atom. The van der Waals surface area contributed by atoms with Gasteiger partial charge in [-0.3, -0.25) is 4.79 Å². The number of carbonyl (C=O) groups is 2. The average molecular weight is 433 g/mol. The molecule has 1 heterocycles. The van der Waals surface area contributed by atoms with Gasteiger partial charge in [0.2, 0.25) is 0 Å². The van der Waals surface area contributed by atoms with Crippen molar-refractivity contribution in [2.45, 2.75) is 0 Å². The molecule has 0 saturated heterocycles. The number of ether oxygens (including phenoxy) is 1. The van der Waals surface area contributed by atoms with Crippen LogP contribution in [0.15, 0.2) is 79.0 Å². The van der Waals surface area contributed by atoms with E-state index in [0.717, 1.165) is 16.9 Å². The Kier molecular flexibility index (Phi) is 5.77. The van der Waals surface area contributed by atoms with Gasteiger partial charge in [-0.1, -0.05) is 28.9 Å². The molecular weight excluding hydrogens is 416 g/mol. The summed E-state index contributed by atoms with van der Waals surface area (Å²) in [4.78, 5) is 24.1. The fourth-order valence-corrected chi connectivity index (χ4v) is 3.13. The van der Waals surface area contributed by atoms with Crippen LogP contribution >= 0.6 is 11.6 Å². The summed E-state index contributed by atoms with van der Waals surface area (Å²) < 4.78 is 6.36. The Balaban J connectivity index is 1.50. The van der Waals surface area contributed by atoms with Crippen molar-refractivity contribution in [3.05, 3.63) is 95.1 Å². The minimum atomic E-state index is -0.431. The maximum absolute atomic E-state index is 12.6. The van der Waals surface area contributed by atoms with Crippen LogP contribution in [0.4, 0.5) is 5.69 Å². The van der Waals surface area contributed by atoms with E-state index in [2.05, 4.69) is 20.4 Å². The summed E-state index contributed by atoms with van der Waals surface area (Å²) >= 11 is 5.97. The van der Waals surface area contributed by atoms with E-state index >= 15 is 0 Å². The first-order valence-corrected chi connectivity index (χ1v) is 9.70. The summed E-state index contributed by atoms with van der Waals surface area (Å²) in [6.45, 7) is 0. The van der Waals surface area contributed by atoms with Crippen LogP contribution in [0.2, 0.25) is 5.02 Å². The lowest BCUT2D eigenvalue weighted by Gasteiger charge is -2.09. The number of anilines is 1. The second-order valence-electron chi connectivity index (χ2n) is 6.61. The molecule has 4 aromatic rings. The van der Waals surface area contributed by atoms with E-state index in [1.165, 1.54) is 7.11 Å². The fraction of sp³-hybridized carbons (Fsp3) is 0.0435. The number of hydrogen-bond donors (Lipinski definition) is 1. The van der Waals surface area contributed by atoms with Crippen molar-refractivity contribution in [2.24, 2.45) is 0 Å². The topological polar surface area (TPSA) is 86.1 Å². The number of hydrogen-bond acceptors (Lipinski definition) is 5. The Morgan fingerprint density at radius 3 is 2.19 bits per heavy atom. The summed E-state index contributed by atoms with van der Waals surface area (Å²) in [5.74, 6) is -0.701. The van der Waals surface area contributed by atoms with Crippen LogP contribution in [0.1, 0.15) is 20.7 Å². The highest BCUT2D eigenvalue weighted by atomic mass is 35.5. The second kappa shape index (κ2) is 8.81. The van der Waals surface area contributed by atoms with Gasteiger partial charge in [0.1, 0.15) is 0 Å². The summed E-state index contributed by atoms with van der Waals surface area (Å²) in [5, 5.41) is 11.6. The van der Waals surface area contributed by atoms with Crippen LogP contribution in [0, 0.1) is 0 Å². The zero-order chi connectivity index (χ0) is 21.8. The van der Waals surface area contributed by atoms with Gasteiger partial charge in [-0.05, 0) is 60.7 Å². The standard InChI is InChI=1S/C23H17ClN4O3/c1-31-23(30)17-4-10-19(11-5-17)26-22(29)16-6-12-20(13-7-16)28-21(14-25-27-28)15-2-8-18(24)9-3-15/h2-14H,1H3,(H,26,29). The number of benzene rings is 3. The quantitative estimate of drug-likeness (QED) is 0.465. The molecule has 154 valence electrons.